The third-order valence-corrected chi connectivity index (χ3v) is 4.31. The first-order valence-corrected chi connectivity index (χ1v) is 9.02. The van der Waals surface area contributed by atoms with Gasteiger partial charge in [-0.15, -0.1) is 5.11 Å². The fourth-order valence-corrected chi connectivity index (χ4v) is 2.90. The number of anilines is 1. The molecule has 3 rings (SSSR count). The summed E-state index contributed by atoms with van der Waals surface area (Å²) in [5.41, 5.74) is 3.57. The van der Waals surface area contributed by atoms with Crippen molar-refractivity contribution < 1.29 is 9.53 Å². The molecule has 0 N–H and O–H groups in total. The van der Waals surface area contributed by atoms with Gasteiger partial charge in [-0.2, -0.15) is 5.11 Å². The molecule has 142 valence electrons. The summed E-state index contributed by atoms with van der Waals surface area (Å²) in [7, 11) is 3.43. The molecule has 0 saturated carbocycles. The Hall–Kier alpha value is -2.80. The minimum atomic E-state index is -0.153. The van der Waals surface area contributed by atoms with Crippen molar-refractivity contribution >= 4 is 17.4 Å². The van der Waals surface area contributed by atoms with Crippen LogP contribution in [0.4, 0.5) is 11.5 Å². The number of aromatic nitrogens is 1. The molecule has 7 nitrogen and oxygen atoms in total. The normalized spacial score (nSPS) is 14.6. The molecular weight excluding hydrogens is 342 g/mol. The highest BCUT2D eigenvalue weighted by Gasteiger charge is 2.17. The predicted molar refractivity (Wildman–Crippen MR) is 105 cm³/mol. The molecule has 2 aromatic rings. The highest BCUT2D eigenvalue weighted by molar-refractivity contribution is 5.93. The van der Waals surface area contributed by atoms with Gasteiger partial charge in [0.05, 0.1) is 19.8 Å². The van der Waals surface area contributed by atoms with Crippen molar-refractivity contribution in [1.29, 1.82) is 0 Å². The summed E-state index contributed by atoms with van der Waals surface area (Å²) in [6.45, 7) is 5.42. The molecule has 0 unspecified atom stereocenters. The maximum absolute atomic E-state index is 12.4. The molecule has 1 aliphatic rings. The number of pyridine rings is 1. The van der Waals surface area contributed by atoms with Crippen LogP contribution in [-0.4, -0.2) is 56.2 Å². The zero-order chi connectivity index (χ0) is 19.2. The summed E-state index contributed by atoms with van der Waals surface area (Å²) in [6, 6.07) is 11.8. The predicted octanol–water partition coefficient (Wildman–Crippen LogP) is 3.21. The van der Waals surface area contributed by atoms with Gasteiger partial charge in [0.15, 0.2) is 5.82 Å². The summed E-state index contributed by atoms with van der Waals surface area (Å²) in [4.78, 5) is 20.5. The van der Waals surface area contributed by atoms with E-state index in [9.17, 15) is 4.79 Å². The molecule has 1 aliphatic heterocycles. The Morgan fingerprint density at radius 3 is 2.70 bits per heavy atom. The number of azo groups is 1. The lowest BCUT2D eigenvalue weighted by atomic mass is 10.1. The first kappa shape index (κ1) is 19.0. The van der Waals surface area contributed by atoms with Crippen LogP contribution in [0.25, 0.3) is 0 Å². The highest BCUT2D eigenvalue weighted by Crippen LogP contribution is 2.23. The third-order valence-electron chi connectivity index (χ3n) is 4.31. The second-order valence-corrected chi connectivity index (χ2v) is 6.76. The Bertz CT molecular complexity index is 829. The first-order valence-electron chi connectivity index (χ1n) is 9.02. The van der Waals surface area contributed by atoms with Gasteiger partial charge in [0.1, 0.15) is 5.69 Å². The number of ether oxygens (including phenoxy) is 1. The Labute approximate surface area is 159 Å². The molecule has 1 amide bonds. The summed E-state index contributed by atoms with van der Waals surface area (Å²) in [5, 5.41) is 8.55. The van der Waals surface area contributed by atoms with Gasteiger partial charge in [0.25, 0.3) is 5.91 Å². The van der Waals surface area contributed by atoms with Crippen LogP contribution in [0.3, 0.4) is 0 Å². The average molecular weight is 367 g/mol. The van der Waals surface area contributed by atoms with E-state index in [1.54, 1.807) is 14.1 Å². The van der Waals surface area contributed by atoms with E-state index >= 15 is 0 Å². The van der Waals surface area contributed by atoms with Crippen molar-refractivity contribution in [2.75, 3.05) is 45.3 Å². The first-order chi connectivity index (χ1) is 13.0. The van der Waals surface area contributed by atoms with Crippen LogP contribution >= 0.6 is 0 Å². The van der Waals surface area contributed by atoms with Gasteiger partial charge < -0.3 is 14.5 Å². The van der Waals surface area contributed by atoms with E-state index in [-0.39, 0.29) is 5.91 Å². The van der Waals surface area contributed by atoms with E-state index in [0.717, 1.165) is 24.3 Å². The fourth-order valence-electron chi connectivity index (χ4n) is 2.90. The Morgan fingerprint density at radius 2 is 2.00 bits per heavy atom. The van der Waals surface area contributed by atoms with Crippen molar-refractivity contribution in [3.8, 4) is 0 Å². The topological polar surface area (TPSA) is 70.4 Å². The molecule has 27 heavy (non-hydrogen) atoms. The molecular formula is C20H25N5O2. The Morgan fingerprint density at radius 1 is 1.22 bits per heavy atom. The number of morpholine rings is 1. The van der Waals surface area contributed by atoms with Crippen LogP contribution in [0.1, 0.15) is 21.6 Å². The largest absolute Gasteiger partial charge is 0.378 e. The van der Waals surface area contributed by atoms with Crippen LogP contribution in [0.5, 0.6) is 0 Å². The fraction of sp³-hybridized carbons (Fsp3) is 0.400. The zero-order valence-corrected chi connectivity index (χ0v) is 16.1. The SMILES string of the molecule is Cc1cccc(CN=Nc2cc(N3CCOCC3)cc(C(=O)N(C)C)n2)c1. The van der Waals surface area contributed by atoms with Gasteiger partial charge in [0.2, 0.25) is 0 Å². The van der Waals surface area contributed by atoms with Gasteiger partial charge in [-0.05, 0) is 18.6 Å². The van der Waals surface area contributed by atoms with Gasteiger partial charge >= 0.3 is 0 Å². The van der Waals surface area contributed by atoms with Crippen molar-refractivity contribution in [3.05, 3.63) is 53.2 Å². The maximum atomic E-state index is 12.4. The Kier molecular flexibility index (Phi) is 6.13. The van der Waals surface area contributed by atoms with E-state index in [0.29, 0.717) is 31.3 Å². The second kappa shape index (κ2) is 8.73. The highest BCUT2D eigenvalue weighted by atomic mass is 16.5. The third kappa shape index (κ3) is 5.10. The standard InChI is InChI=1S/C20H25N5O2/c1-15-5-4-6-16(11-15)14-21-23-19-13-17(25-7-9-27-10-8-25)12-18(22-19)20(26)24(2)3/h4-6,11-13H,7-10,14H2,1-3H3. The van der Waals surface area contributed by atoms with Gasteiger partial charge in [-0.25, -0.2) is 4.98 Å². The van der Waals surface area contributed by atoms with E-state index in [2.05, 4.69) is 26.2 Å². The van der Waals surface area contributed by atoms with Crippen molar-refractivity contribution in [3.63, 3.8) is 0 Å². The molecule has 0 aliphatic carbocycles. The molecule has 2 heterocycles. The molecule has 0 radical (unpaired) electrons. The van der Waals surface area contributed by atoms with Gasteiger partial charge in [-0.1, -0.05) is 29.8 Å². The number of nitrogens with zero attached hydrogens (tertiary/aromatic N) is 5. The van der Waals surface area contributed by atoms with Gasteiger partial charge in [0, 0.05) is 38.9 Å². The minimum Gasteiger partial charge on any atom is -0.378 e. The average Bonchev–Trinajstić information content (AvgIpc) is 2.68. The van der Waals surface area contributed by atoms with Crippen molar-refractivity contribution in [1.82, 2.24) is 9.88 Å². The number of hydrogen-bond donors (Lipinski definition) is 0. The summed E-state index contributed by atoms with van der Waals surface area (Å²) >= 11 is 0. The van der Waals surface area contributed by atoms with E-state index in [1.165, 1.54) is 10.5 Å². The molecule has 0 spiro atoms. The van der Waals surface area contributed by atoms with Crippen LogP contribution in [0.15, 0.2) is 46.6 Å². The number of aryl methyl sites for hydroxylation is 1. The lowest BCUT2D eigenvalue weighted by Crippen LogP contribution is -2.36. The summed E-state index contributed by atoms with van der Waals surface area (Å²) in [5.74, 6) is 0.289. The van der Waals surface area contributed by atoms with Crippen LogP contribution < -0.4 is 4.90 Å². The lowest BCUT2D eigenvalue weighted by Gasteiger charge is -2.29. The Balaban J connectivity index is 1.84. The minimum absolute atomic E-state index is 0.153. The van der Waals surface area contributed by atoms with Crippen molar-refractivity contribution in [2.45, 2.75) is 13.5 Å². The van der Waals surface area contributed by atoms with Crippen LogP contribution in [-0.2, 0) is 11.3 Å². The molecule has 7 heteroatoms. The smallest absolute Gasteiger partial charge is 0.272 e. The monoisotopic (exact) mass is 367 g/mol. The summed E-state index contributed by atoms with van der Waals surface area (Å²) in [6.07, 6.45) is 0. The number of amides is 1. The van der Waals surface area contributed by atoms with Crippen LogP contribution in [0.2, 0.25) is 0 Å². The molecule has 0 bridgehead atoms. The number of rotatable bonds is 5. The van der Waals surface area contributed by atoms with Crippen LogP contribution in [0, 0.1) is 6.92 Å². The summed E-state index contributed by atoms with van der Waals surface area (Å²) < 4.78 is 5.42. The second-order valence-electron chi connectivity index (χ2n) is 6.76. The molecule has 0 atom stereocenters. The van der Waals surface area contributed by atoms with E-state index in [4.69, 9.17) is 4.74 Å². The van der Waals surface area contributed by atoms with E-state index < -0.39 is 0 Å². The lowest BCUT2D eigenvalue weighted by molar-refractivity contribution is 0.0822. The quantitative estimate of drug-likeness (QED) is 0.761. The number of carbonyl (C=O) groups is 1. The van der Waals surface area contributed by atoms with Gasteiger partial charge in [-0.3, -0.25) is 4.79 Å². The number of benzene rings is 1. The number of hydrogen-bond acceptors (Lipinski definition) is 6. The molecule has 1 fully saturated rings. The maximum Gasteiger partial charge on any atom is 0.272 e. The number of carbonyl (C=O) groups excluding carboxylic acids is 1. The molecule has 1 aromatic heterocycles. The zero-order valence-electron chi connectivity index (χ0n) is 16.1. The molecule has 1 saturated heterocycles. The molecule has 1 aromatic carbocycles. The van der Waals surface area contributed by atoms with Crippen molar-refractivity contribution in [2.24, 2.45) is 10.2 Å². The van der Waals surface area contributed by atoms with E-state index in [1.807, 2.05) is 37.3 Å².